The normalized spacial score (nSPS) is 19.6. The van der Waals surface area contributed by atoms with Crippen LogP contribution in [-0.2, 0) is 4.74 Å². The van der Waals surface area contributed by atoms with E-state index in [1.165, 1.54) is 12.1 Å². The van der Waals surface area contributed by atoms with Gasteiger partial charge in [0.15, 0.2) is 0 Å². The van der Waals surface area contributed by atoms with Crippen LogP contribution in [0, 0.1) is 5.82 Å². The molecule has 2 N–H and O–H groups in total. The maximum Gasteiger partial charge on any atom is 0.134 e. The van der Waals surface area contributed by atoms with Crippen LogP contribution in [0.1, 0.15) is 44.4 Å². The fourth-order valence-corrected chi connectivity index (χ4v) is 3.25. The molecule has 0 amide bonds. The van der Waals surface area contributed by atoms with Gasteiger partial charge in [-0.25, -0.2) is 4.39 Å². The average molecular weight is 277 g/mol. The van der Waals surface area contributed by atoms with Crippen molar-refractivity contribution in [3.8, 4) is 0 Å². The summed E-state index contributed by atoms with van der Waals surface area (Å²) in [6.07, 6.45) is 4.16. The Hall–Kier alpha value is -1.39. The van der Waals surface area contributed by atoms with Crippen LogP contribution in [0.2, 0.25) is 0 Å². The van der Waals surface area contributed by atoms with E-state index in [9.17, 15) is 4.39 Å². The van der Waals surface area contributed by atoms with Gasteiger partial charge in [-0.15, -0.1) is 0 Å². The summed E-state index contributed by atoms with van der Waals surface area (Å²) in [5.74, 6) is 0.416. The first-order valence-electron chi connectivity index (χ1n) is 7.23. The molecule has 1 fully saturated rings. The van der Waals surface area contributed by atoms with Crippen LogP contribution in [-0.4, -0.2) is 12.2 Å². The Morgan fingerprint density at radius 1 is 1.35 bits per heavy atom. The van der Waals surface area contributed by atoms with Crippen LogP contribution in [0.25, 0.3) is 11.0 Å². The highest BCUT2D eigenvalue weighted by Crippen LogP contribution is 2.42. The average Bonchev–Trinajstić information content (AvgIpc) is 3.05. The van der Waals surface area contributed by atoms with E-state index in [0.29, 0.717) is 18.0 Å². The van der Waals surface area contributed by atoms with Gasteiger partial charge in [0.25, 0.3) is 0 Å². The molecule has 1 aliphatic carbocycles. The predicted molar refractivity (Wildman–Crippen MR) is 75.9 cm³/mol. The Bertz CT molecular complexity index is 602. The van der Waals surface area contributed by atoms with Crippen molar-refractivity contribution in [1.82, 2.24) is 0 Å². The van der Waals surface area contributed by atoms with Gasteiger partial charge in [0.1, 0.15) is 17.2 Å². The molecule has 108 valence electrons. The predicted octanol–water partition coefficient (Wildman–Crippen LogP) is 3.92. The van der Waals surface area contributed by atoms with Crippen molar-refractivity contribution in [2.24, 2.45) is 5.73 Å². The Kier molecular flexibility index (Phi) is 3.52. The number of benzene rings is 1. The summed E-state index contributed by atoms with van der Waals surface area (Å²) in [5.41, 5.74) is 6.75. The monoisotopic (exact) mass is 277 g/mol. The molecular weight excluding hydrogens is 257 g/mol. The van der Waals surface area contributed by atoms with E-state index >= 15 is 0 Å². The molecule has 1 aromatic carbocycles. The molecule has 0 bridgehead atoms. The van der Waals surface area contributed by atoms with E-state index in [1.807, 2.05) is 13.0 Å². The molecule has 2 aromatic rings. The summed E-state index contributed by atoms with van der Waals surface area (Å²) in [7, 11) is 0. The lowest BCUT2D eigenvalue weighted by Gasteiger charge is -2.33. The maximum absolute atomic E-state index is 13.2. The van der Waals surface area contributed by atoms with Crippen molar-refractivity contribution >= 4 is 11.0 Å². The largest absolute Gasteiger partial charge is 0.459 e. The van der Waals surface area contributed by atoms with Crippen LogP contribution in [0.15, 0.2) is 28.7 Å². The number of ether oxygens (including phenoxy) is 1. The Morgan fingerprint density at radius 3 is 2.80 bits per heavy atom. The van der Waals surface area contributed by atoms with Gasteiger partial charge in [0, 0.05) is 12.0 Å². The van der Waals surface area contributed by atoms with Crippen LogP contribution >= 0.6 is 0 Å². The molecule has 1 aromatic heterocycles. The molecule has 3 rings (SSSR count). The number of halogens is 1. The van der Waals surface area contributed by atoms with Crippen LogP contribution in [0.3, 0.4) is 0 Å². The Morgan fingerprint density at radius 2 is 2.10 bits per heavy atom. The quantitative estimate of drug-likeness (QED) is 0.921. The molecule has 0 radical (unpaired) electrons. The number of fused-ring (bicyclic) bond motifs is 1. The second-order valence-corrected chi connectivity index (χ2v) is 5.51. The molecule has 4 heteroatoms. The van der Waals surface area contributed by atoms with Crippen molar-refractivity contribution in [3.63, 3.8) is 0 Å². The molecule has 0 saturated heterocycles. The second-order valence-electron chi connectivity index (χ2n) is 5.51. The third-order valence-electron chi connectivity index (χ3n) is 4.25. The van der Waals surface area contributed by atoms with Crippen LogP contribution < -0.4 is 5.73 Å². The Labute approximate surface area is 117 Å². The van der Waals surface area contributed by atoms with Crippen LogP contribution in [0.4, 0.5) is 4.39 Å². The second kappa shape index (κ2) is 5.19. The first kappa shape index (κ1) is 13.6. The lowest BCUT2D eigenvalue weighted by atomic mass is 9.90. The maximum atomic E-state index is 13.2. The zero-order valence-electron chi connectivity index (χ0n) is 11.7. The van der Waals surface area contributed by atoms with E-state index in [1.54, 1.807) is 6.07 Å². The standard InChI is InChI=1S/C16H20FNO2/c1-2-19-16(7-3-4-8-16)15(18)14-10-11-9-12(17)5-6-13(11)20-14/h5-6,9-10,15H,2-4,7-8,18H2,1H3. The van der Waals surface area contributed by atoms with Crippen LogP contribution in [0.5, 0.6) is 0 Å². The van der Waals surface area contributed by atoms with Crippen molar-refractivity contribution in [2.45, 2.75) is 44.2 Å². The topological polar surface area (TPSA) is 48.4 Å². The van der Waals surface area contributed by atoms with E-state index in [4.69, 9.17) is 14.9 Å². The highest BCUT2D eigenvalue weighted by molar-refractivity contribution is 5.78. The fourth-order valence-electron chi connectivity index (χ4n) is 3.25. The smallest absolute Gasteiger partial charge is 0.134 e. The molecule has 1 unspecified atom stereocenters. The van der Waals surface area contributed by atoms with Gasteiger partial charge in [0.2, 0.25) is 0 Å². The molecule has 1 heterocycles. The minimum absolute atomic E-state index is 0.265. The molecule has 3 nitrogen and oxygen atoms in total. The van der Waals surface area contributed by atoms with Gasteiger partial charge in [-0.2, -0.15) is 0 Å². The van der Waals surface area contributed by atoms with Crippen molar-refractivity contribution in [1.29, 1.82) is 0 Å². The van der Waals surface area contributed by atoms with Gasteiger partial charge in [-0.1, -0.05) is 12.8 Å². The van der Waals surface area contributed by atoms with E-state index < -0.39 is 0 Å². The van der Waals surface area contributed by atoms with Gasteiger partial charge in [0.05, 0.1) is 11.6 Å². The Balaban J connectivity index is 1.96. The van der Waals surface area contributed by atoms with Crippen molar-refractivity contribution in [2.75, 3.05) is 6.61 Å². The summed E-state index contributed by atoms with van der Waals surface area (Å²) >= 11 is 0. The molecule has 1 atom stereocenters. The molecule has 0 aliphatic heterocycles. The van der Waals surface area contributed by atoms with Crippen molar-refractivity contribution in [3.05, 3.63) is 35.8 Å². The highest BCUT2D eigenvalue weighted by Gasteiger charge is 2.42. The minimum Gasteiger partial charge on any atom is -0.459 e. The van der Waals surface area contributed by atoms with Gasteiger partial charge in [-0.3, -0.25) is 0 Å². The van der Waals surface area contributed by atoms with Gasteiger partial charge < -0.3 is 14.9 Å². The number of hydrogen-bond donors (Lipinski definition) is 1. The molecule has 20 heavy (non-hydrogen) atoms. The summed E-state index contributed by atoms with van der Waals surface area (Å²) in [6.45, 7) is 2.63. The summed E-state index contributed by atoms with van der Waals surface area (Å²) in [4.78, 5) is 0. The zero-order valence-corrected chi connectivity index (χ0v) is 11.7. The lowest BCUT2D eigenvalue weighted by molar-refractivity contribution is -0.0574. The number of furan rings is 1. The molecular formula is C16H20FNO2. The third-order valence-corrected chi connectivity index (χ3v) is 4.25. The van der Waals surface area contributed by atoms with E-state index in [2.05, 4.69) is 0 Å². The number of nitrogens with two attached hydrogens (primary N) is 1. The SMILES string of the molecule is CCOC1(C(N)c2cc3cc(F)ccc3o2)CCCC1. The summed E-state index contributed by atoms with van der Waals surface area (Å²) in [5, 5.41) is 0.750. The zero-order chi connectivity index (χ0) is 14.2. The minimum atomic E-state index is -0.332. The fraction of sp³-hybridized carbons (Fsp3) is 0.500. The molecule has 1 aliphatic rings. The number of hydrogen-bond acceptors (Lipinski definition) is 3. The first-order chi connectivity index (χ1) is 9.64. The summed E-state index contributed by atoms with van der Waals surface area (Å²) < 4.78 is 25.0. The van der Waals surface area contributed by atoms with Crippen molar-refractivity contribution < 1.29 is 13.5 Å². The molecule has 1 saturated carbocycles. The third kappa shape index (κ3) is 2.23. The van der Waals surface area contributed by atoms with Gasteiger partial charge in [-0.05, 0) is 44.0 Å². The van der Waals surface area contributed by atoms with E-state index in [0.717, 1.165) is 31.1 Å². The summed E-state index contributed by atoms with van der Waals surface area (Å²) in [6, 6.07) is 6.04. The van der Waals surface area contributed by atoms with Gasteiger partial charge >= 0.3 is 0 Å². The lowest BCUT2D eigenvalue weighted by Crippen LogP contribution is -2.41. The molecule has 0 spiro atoms. The first-order valence-corrected chi connectivity index (χ1v) is 7.23. The van der Waals surface area contributed by atoms with E-state index in [-0.39, 0.29) is 17.5 Å². The number of rotatable bonds is 4. The highest BCUT2D eigenvalue weighted by atomic mass is 19.1.